The summed E-state index contributed by atoms with van der Waals surface area (Å²) in [6, 6.07) is 0. The zero-order valence-corrected chi connectivity index (χ0v) is 9.28. The average molecular weight is 250 g/mol. The van der Waals surface area contributed by atoms with Crippen molar-refractivity contribution in [2.75, 3.05) is 6.54 Å². The number of fused-ring (bicyclic) bond motifs is 1. The predicted octanol–water partition coefficient (Wildman–Crippen LogP) is 1.90. The summed E-state index contributed by atoms with van der Waals surface area (Å²) in [6.45, 7) is 1.92. The van der Waals surface area contributed by atoms with Crippen LogP contribution in [0.15, 0.2) is 0 Å². The molecule has 88 valence electrons. The molecule has 1 aliphatic heterocycles. The van der Waals surface area contributed by atoms with Crippen LogP contribution in [-0.4, -0.2) is 28.5 Å². The number of nitrogens with zero attached hydrogens (tertiary/aromatic N) is 2. The Kier molecular flexibility index (Phi) is 2.65. The van der Waals surface area contributed by atoms with E-state index >= 15 is 0 Å². The number of halogens is 3. The van der Waals surface area contributed by atoms with Gasteiger partial charge in [0.2, 0.25) is 0 Å². The first-order valence-electron chi connectivity index (χ1n) is 4.69. The minimum atomic E-state index is -4.78. The quantitative estimate of drug-likeness (QED) is 0.704. The Morgan fingerprint density at radius 1 is 1.50 bits per heavy atom. The van der Waals surface area contributed by atoms with Crippen LogP contribution in [0.5, 0.6) is 0 Å². The van der Waals surface area contributed by atoms with Crippen LogP contribution in [-0.2, 0) is 17.8 Å². The highest BCUT2D eigenvalue weighted by Crippen LogP contribution is 2.27. The fourth-order valence-electron chi connectivity index (χ4n) is 1.68. The van der Waals surface area contributed by atoms with Gasteiger partial charge < -0.3 is 4.90 Å². The number of alkyl halides is 3. The maximum absolute atomic E-state index is 12.2. The third kappa shape index (κ3) is 2.04. The standard InChI is InChI=1S/C9H9F3N2OS/c1-5-13-6-2-3-14(4-7(6)16-5)8(15)9(10,11)12/h2-4H2,1H3. The summed E-state index contributed by atoms with van der Waals surface area (Å²) in [5.41, 5.74) is 0.828. The van der Waals surface area contributed by atoms with Gasteiger partial charge in [-0.1, -0.05) is 0 Å². The Bertz CT molecular complexity index is 427. The summed E-state index contributed by atoms with van der Waals surface area (Å²) < 4.78 is 36.6. The number of aromatic nitrogens is 1. The number of thiazole rings is 1. The molecule has 7 heteroatoms. The van der Waals surface area contributed by atoms with Crippen LogP contribution in [0, 0.1) is 6.92 Å². The lowest BCUT2D eigenvalue weighted by Gasteiger charge is -2.26. The molecule has 0 radical (unpaired) electrons. The van der Waals surface area contributed by atoms with Crippen molar-refractivity contribution < 1.29 is 18.0 Å². The molecule has 0 N–H and O–H groups in total. The van der Waals surface area contributed by atoms with Crippen LogP contribution in [0.3, 0.4) is 0 Å². The summed E-state index contributed by atoms with van der Waals surface area (Å²) >= 11 is 1.35. The van der Waals surface area contributed by atoms with Crippen LogP contribution in [0.4, 0.5) is 13.2 Å². The van der Waals surface area contributed by atoms with E-state index in [4.69, 9.17) is 0 Å². The molecule has 0 bridgehead atoms. The minimum Gasteiger partial charge on any atom is -0.329 e. The zero-order chi connectivity index (χ0) is 11.9. The smallest absolute Gasteiger partial charge is 0.329 e. The topological polar surface area (TPSA) is 33.2 Å². The minimum absolute atomic E-state index is 0.0270. The first-order chi connectivity index (χ1) is 7.38. The average Bonchev–Trinajstić information content (AvgIpc) is 2.54. The van der Waals surface area contributed by atoms with Gasteiger partial charge in [-0.25, -0.2) is 4.98 Å². The SMILES string of the molecule is Cc1nc2c(s1)CN(C(=O)C(F)(F)F)CC2. The van der Waals surface area contributed by atoms with Gasteiger partial charge in [0.05, 0.1) is 17.2 Å². The second-order valence-electron chi connectivity index (χ2n) is 3.58. The second kappa shape index (κ2) is 3.73. The Morgan fingerprint density at radius 3 is 2.81 bits per heavy atom. The molecule has 0 saturated carbocycles. The molecular weight excluding hydrogens is 241 g/mol. The lowest BCUT2D eigenvalue weighted by Crippen LogP contribution is -2.43. The zero-order valence-electron chi connectivity index (χ0n) is 8.47. The molecule has 0 atom stereocenters. The molecule has 2 rings (SSSR count). The van der Waals surface area contributed by atoms with Crippen molar-refractivity contribution in [3.8, 4) is 0 Å². The fourth-order valence-corrected chi connectivity index (χ4v) is 2.68. The highest BCUT2D eigenvalue weighted by molar-refractivity contribution is 7.11. The van der Waals surface area contributed by atoms with Gasteiger partial charge in [-0.3, -0.25) is 4.79 Å². The van der Waals surface area contributed by atoms with Gasteiger partial charge in [0.15, 0.2) is 0 Å². The van der Waals surface area contributed by atoms with E-state index in [2.05, 4.69) is 4.98 Å². The van der Waals surface area contributed by atoms with E-state index in [0.717, 1.165) is 20.5 Å². The van der Waals surface area contributed by atoms with Gasteiger partial charge in [-0.2, -0.15) is 13.2 Å². The van der Waals surface area contributed by atoms with Crippen molar-refractivity contribution in [1.82, 2.24) is 9.88 Å². The highest BCUT2D eigenvalue weighted by atomic mass is 32.1. The monoisotopic (exact) mass is 250 g/mol. The molecule has 0 fully saturated rings. The van der Waals surface area contributed by atoms with E-state index in [1.54, 1.807) is 6.92 Å². The Labute approximate surface area is 93.9 Å². The summed E-state index contributed by atoms with van der Waals surface area (Å²) in [4.78, 5) is 16.8. The van der Waals surface area contributed by atoms with E-state index < -0.39 is 12.1 Å². The van der Waals surface area contributed by atoms with Crippen LogP contribution < -0.4 is 0 Å². The normalized spacial score (nSPS) is 16.1. The Balaban J connectivity index is 2.17. The van der Waals surface area contributed by atoms with Gasteiger partial charge in [0, 0.05) is 17.8 Å². The number of carbonyl (C=O) groups is 1. The Morgan fingerprint density at radius 2 is 2.19 bits per heavy atom. The number of aryl methyl sites for hydroxylation is 1. The first-order valence-corrected chi connectivity index (χ1v) is 5.51. The molecule has 0 aliphatic carbocycles. The number of hydrogen-bond donors (Lipinski definition) is 0. The fraction of sp³-hybridized carbons (Fsp3) is 0.556. The van der Waals surface area contributed by atoms with Crippen LogP contribution >= 0.6 is 11.3 Å². The third-order valence-electron chi connectivity index (χ3n) is 2.37. The van der Waals surface area contributed by atoms with Crippen molar-refractivity contribution in [3.05, 3.63) is 15.6 Å². The number of amides is 1. The number of rotatable bonds is 0. The lowest BCUT2D eigenvalue weighted by molar-refractivity contribution is -0.186. The molecule has 0 saturated heterocycles. The van der Waals surface area contributed by atoms with E-state index in [1.165, 1.54) is 11.3 Å². The molecular formula is C9H9F3N2OS. The van der Waals surface area contributed by atoms with Gasteiger partial charge >= 0.3 is 12.1 Å². The maximum Gasteiger partial charge on any atom is 0.471 e. The third-order valence-corrected chi connectivity index (χ3v) is 3.37. The molecule has 0 aromatic carbocycles. The molecule has 1 amide bonds. The molecule has 1 aromatic heterocycles. The van der Waals surface area contributed by atoms with E-state index in [9.17, 15) is 18.0 Å². The van der Waals surface area contributed by atoms with Gasteiger partial charge in [0.25, 0.3) is 0 Å². The van der Waals surface area contributed by atoms with E-state index in [-0.39, 0.29) is 13.1 Å². The van der Waals surface area contributed by atoms with Crippen molar-refractivity contribution in [2.45, 2.75) is 26.1 Å². The molecule has 0 spiro atoms. The molecule has 16 heavy (non-hydrogen) atoms. The van der Waals surface area contributed by atoms with Crippen molar-refractivity contribution in [2.24, 2.45) is 0 Å². The largest absolute Gasteiger partial charge is 0.471 e. The maximum atomic E-state index is 12.2. The van der Waals surface area contributed by atoms with E-state index in [0.29, 0.717) is 6.42 Å². The van der Waals surface area contributed by atoms with Gasteiger partial charge in [-0.05, 0) is 6.92 Å². The molecule has 2 heterocycles. The molecule has 1 aliphatic rings. The van der Waals surface area contributed by atoms with Gasteiger partial charge in [0.1, 0.15) is 0 Å². The number of carbonyl (C=O) groups excluding carboxylic acids is 1. The van der Waals surface area contributed by atoms with Crippen LogP contribution in [0.1, 0.15) is 15.6 Å². The summed E-state index contributed by atoms with van der Waals surface area (Å²) in [6.07, 6.45) is -4.38. The number of hydrogen-bond acceptors (Lipinski definition) is 3. The van der Waals surface area contributed by atoms with Crippen LogP contribution in [0.2, 0.25) is 0 Å². The van der Waals surface area contributed by atoms with Gasteiger partial charge in [-0.15, -0.1) is 11.3 Å². The first kappa shape index (κ1) is 11.4. The summed E-state index contributed by atoms with van der Waals surface area (Å²) in [7, 11) is 0. The molecule has 0 unspecified atom stereocenters. The molecule has 3 nitrogen and oxygen atoms in total. The van der Waals surface area contributed by atoms with E-state index in [1.807, 2.05) is 0 Å². The van der Waals surface area contributed by atoms with Crippen molar-refractivity contribution >= 4 is 17.2 Å². The second-order valence-corrected chi connectivity index (χ2v) is 4.86. The molecule has 1 aromatic rings. The predicted molar refractivity (Wildman–Crippen MR) is 52.0 cm³/mol. The summed E-state index contributed by atoms with van der Waals surface area (Å²) in [5, 5.41) is 0.825. The van der Waals surface area contributed by atoms with Crippen molar-refractivity contribution in [3.63, 3.8) is 0 Å². The highest BCUT2D eigenvalue weighted by Gasteiger charge is 2.43. The lowest BCUT2D eigenvalue weighted by atomic mass is 10.2. The van der Waals surface area contributed by atoms with Crippen LogP contribution in [0.25, 0.3) is 0 Å². The Hall–Kier alpha value is -1.11. The van der Waals surface area contributed by atoms with Crippen molar-refractivity contribution in [1.29, 1.82) is 0 Å². The summed E-state index contributed by atoms with van der Waals surface area (Å²) in [5.74, 6) is -1.76.